The second-order valence-electron chi connectivity index (χ2n) is 6.99. The third kappa shape index (κ3) is 4.16. The number of aryl methyl sites for hydroxylation is 2. The van der Waals surface area contributed by atoms with Crippen LogP contribution in [0.5, 0.6) is 0 Å². The summed E-state index contributed by atoms with van der Waals surface area (Å²) in [7, 11) is 0. The van der Waals surface area contributed by atoms with Crippen LogP contribution in [0.1, 0.15) is 24.2 Å². The molecule has 0 aliphatic carbocycles. The first-order chi connectivity index (χ1) is 14.1. The van der Waals surface area contributed by atoms with Crippen molar-refractivity contribution in [2.24, 2.45) is 0 Å². The van der Waals surface area contributed by atoms with E-state index in [0.29, 0.717) is 31.5 Å². The summed E-state index contributed by atoms with van der Waals surface area (Å²) in [5.74, 6) is 0.298. The Kier molecular flexibility index (Phi) is 5.33. The van der Waals surface area contributed by atoms with E-state index in [2.05, 4.69) is 0 Å². The normalized spacial score (nSPS) is 11.1. The van der Waals surface area contributed by atoms with Gasteiger partial charge in [-0.15, -0.1) is 0 Å². The largest absolute Gasteiger partial charge is 0.467 e. The van der Waals surface area contributed by atoms with Crippen LogP contribution >= 0.6 is 0 Å². The van der Waals surface area contributed by atoms with E-state index in [9.17, 15) is 9.59 Å². The van der Waals surface area contributed by atoms with Gasteiger partial charge in [0.15, 0.2) is 5.58 Å². The van der Waals surface area contributed by atoms with Crippen LogP contribution in [0.25, 0.3) is 11.1 Å². The molecule has 0 spiro atoms. The maximum Gasteiger partial charge on any atom is 0.419 e. The van der Waals surface area contributed by atoms with Crippen molar-refractivity contribution >= 4 is 22.7 Å². The number of carbonyl (C=O) groups is 1. The third-order valence-corrected chi connectivity index (χ3v) is 4.89. The molecule has 0 unspecified atom stereocenters. The van der Waals surface area contributed by atoms with Gasteiger partial charge in [0, 0.05) is 18.7 Å². The maximum atomic E-state index is 13.0. The van der Waals surface area contributed by atoms with Gasteiger partial charge in [-0.05, 0) is 49.7 Å². The highest BCUT2D eigenvalue weighted by atomic mass is 16.4. The summed E-state index contributed by atoms with van der Waals surface area (Å²) in [6.45, 7) is 2.79. The van der Waals surface area contributed by atoms with Gasteiger partial charge in [-0.25, -0.2) is 4.79 Å². The predicted molar refractivity (Wildman–Crippen MR) is 111 cm³/mol. The van der Waals surface area contributed by atoms with Crippen molar-refractivity contribution in [2.45, 2.75) is 32.9 Å². The summed E-state index contributed by atoms with van der Waals surface area (Å²) in [6, 6.07) is 18.8. The Hall–Kier alpha value is -3.54. The van der Waals surface area contributed by atoms with Crippen molar-refractivity contribution in [1.82, 2.24) is 4.57 Å². The molecule has 0 atom stereocenters. The average Bonchev–Trinajstić information content (AvgIpc) is 3.34. The van der Waals surface area contributed by atoms with Gasteiger partial charge in [0.1, 0.15) is 5.76 Å². The van der Waals surface area contributed by atoms with Crippen LogP contribution in [-0.4, -0.2) is 10.5 Å². The minimum atomic E-state index is -0.398. The molecule has 6 heteroatoms. The number of carbonyl (C=O) groups excluding carboxylic acids is 1. The lowest BCUT2D eigenvalue weighted by Gasteiger charge is -2.22. The first-order valence-corrected chi connectivity index (χ1v) is 9.59. The summed E-state index contributed by atoms with van der Waals surface area (Å²) in [5.41, 5.74) is 3.26. The number of oxazole rings is 1. The average molecular weight is 390 g/mol. The van der Waals surface area contributed by atoms with Gasteiger partial charge in [-0.2, -0.15) is 0 Å². The molecule has 0 aliphatic heterocycles. The van der Waals surface area contributed by atoms with E-state index in [1.807, 2.05) is 61.5 Å². The molecule has 2 heterocycles. The SMILES string of the molecule is Cc1ccc(N(Cc2ccco2)C(=O)CCCn2c(=O)oc3ccccc32)cc1. The number of hydrogen-bond acceptors (Lipinski definition) is 4. The van der Waals surface area contributed by atoms with E-state index in [1.54, 1.807) is 21.8 Å². The van der Waals surface area contributed by atoms with E-state index in [0.717, 1.165) is 22.5 Å². The Labute approximate surface area is 168 Å². The molecule has 29 heavy (non-hydrogen) atoms. The van der Waals surface area contributed by atoms with Gasteiger partial charge < -0.3 is 13.7 Å². The van der Waals surface area contributed by atoms with Gasteiger partial charge in [-0.3, -0.25) is 9.36 Å². The quantitative estimate of drug-likeness (QED) is 0.466. The monoisotopic (exact) mass is 390 g/mol. The predicted octanol–water partition coefficient (Wildman–Crippen LogP) is 4.51. The molecule has 0 radical (unpaired) electrons. The Morgan fingerprint density at radius 3 is 2.59 bits per heavy atom. The van der Waals surface area contributed by atoms with Crippen LogP contribution in [0.4, 0.5) is 5.69 Å². The number of benzene rings is 2. The fourth-order valence-corrected chi connectivity index (χ4v) is 3.36. The molecule has 4 aromatic rings. The van der Waals surface area contributed by atoms with Crippen molar-refractivity contribution < 1.29 is 13.6 Å². The van der Waals surface area contributed by atoms with Crippen LogP contribution in [0.2, 0.25) is 0 Å². The number of furan rings is 1. The van der Waals surface area contributed by atoms with E-state index < -0.39 is 5.76 Å². The molecule has 0 saturated heterocycles. The zero-order valence-electron chi connectivity index (χ0n) is 16.2. The Balaban J connectivity index is 1.48. The molecule has 0 bridgehead atoms. The lowest BCUT2D eigenvalue weighted by Crippen LogP contribution is -2.30. The molecule has 0 N–H and O–H groups in total. The second-order valence-corrected chi connectivity index (χ2v) is 6.99. The first-order valence-electron chi connectivity index (χ1n) is 9.59. The number of nitrogens with zero attached hydrogens (tertiary/aromatic N) is 2. The minimum absolute atomic E-state index is 0.0221. The number of hydrogen-bond donors (Lipinski definition) is 0. The van der Waals surface area contributed by atoms with Crippen LogP contribution < -0.4 is 10.7 Å². The molecule has 0 aliphatic rings. The number of aromatic nitrogens is 1. The lowest BCUT2D eigenvalue weighted by molar-refractivity contribution is -0.119. The highest BCUT2D eigenvalue weighted by Crippen LogP contribution is 2.20. The Bertz CT molecular complexity index is 1150. The molecule has 2 aromatic carbocycles. The van der Waals surface area contributed by atoms with Gasteiger partial charge in [0.05, 0.1) is 18.3 Å². The summed E-state index contributed by atoms with van der Waals surface area (Å²) >= 11 is 0. The number of para-hydroxylation sites is 2. The summed E-state index contributed by atoms with van der Waals surface area (Å²) in [5, 5.41) is 0. The minimum Gasteiger partial charge on any atom is -0.467 e. The molecular formula is C23H22N2O4. The van der Waals surface area contributed by atoms with Gasteiger partial charge >= 0.3 is 5.76 Å². The van der Waals surface area contributed by atoms with Crippen molar-refractivity contribution in [3.05, 3.63) is 88.8 Å². The van der Waals surface area contributed by atoms with Crippen molar-refractivity contribution in [3.8, 4) is 0 Å². The molecule has 1 amide bonds. The number of rotatable bonds is 7. The molecule has 0 fully saturated rings. The molecule has 4 rings (SSSR count). The van der Waals surface area contributed by atoms with Crippen molar-refractivity contribution in [1.29, 1.82) is 0 Å². The lowest BCUT2D eigenvalue weighted by atomic mass is 10.2. The van der Waals surface area contributed by atoms with Gasteiger partial charge in [0.2, 0.25) is 5.91 Å². The van der Waals surface area contributed by atoms with Crippen molar-refractivity contribution in [3.63, 3.8) is 0 Å². The summed E-state index contributed by atoms with van der Waals surface area (Å²) in [6.07, 6.45) is 2.44. The van der Waals surface area contributed by atoms with Crippen molar-refractivity contribution in [2.75, 3.05) is 4.90 Å². The molecule has 148 valence electrons. The Morgan fingerprint density at radius 2 is 1.83 bits per heavy atom. The van der Waals surface area contributed by atoms with Crippen LogP contribution in [0.3, 0.4) is 0 Å². The number of amides is 1. The van der Waals surface area contributed by atoms with E-state index in [1.165, 1.54) is 0 Å². The highest BCUT2D eigenvalue weighted by Gasteiger charge is 2.18. The second kappa shape index (κ2) is 8.22. The third-order valence-electron chi connectivity index (χ3n) is 4.89. The number of fused-ring (bicyclic) bond motifs is 1. The first kappa shape index (κ1) is 18.8. The van der Waals surface area contributed by atoms with Crippen LogP contribution in [-0.2, 0) is 17.9 Å². The van der Waals surface area contributed by atoms with E-state index in [-0.39, 0.29) is 5.91 Å². The maximum absolute atomic E-state index is 13.0. The van der Waals surface area contributed by atoms with Gasteiger partial charge in [-0.1, -0.05) is 29.8 Å². The highest BCUT2D eigenvalue weighted by molar-refractivity contribution is 5.93. The topological polar surface area (TPSA) is 68.6 Å². The molecule has 2 aromatic heterocycles. The molecule has 0 saturated carbocycles. The fourth-order valence-electron chi connectivity index (χ4n) is 3.36. The van der Waals surface area contributed by atoms with Crippen LogP contribution in [0, 0.1) is 6.92 Å². The zero-order valence-corrected chi connectivity index (χ0v) is 16.2. The van der Waals surface area contributed by atoms with Crippen LogP contribution in [0.15, 0.2) is 80.6 Å². The summed E-state index contributed by atoms with van der Waals surface area (Å²) < 4.78 is 12.3. The fraction of sp³-hybridized carbons (Fsp3) is 0.217. The van der Waals surface area contributed by atoms with E-state index in [4.69, 9.17) is 8.83 Å². The molecule has 6 nitrogen and oxygen atoms in total. The zero-order chi connectivity index (χ0) is 20.2. The molecular weight excluding hydrogens is 368 g/mol. The Morgan fingerprint density at radius 1 is 1.03 bits per heavy atom. The summed E-state index contributed by atoms with van der Waals surface area (Å²) in [4.78, 5) is 26.8. The van der Waals surface area contributed by atoms with Gasteiger partial charge in [0.25, 0.3) is 0 Å². The number of anilines is 1. The standard InChI is InChI=1S/C23H22N2O4/c1-17-10-12-18(13-11-17)25(16-19-6-5-15-28-19)22(26)9-4-14-24-20-7-2-3-8-21(20)29-23(24)27/h2-3,5-8,10-13,15H,4,9,14,16H2,1H3. The van der Waals surface area contributed by atoms with E-state index >= 15 is 0 Å². The smallest absolute Gasteiger partial charge is 0.419 e.